The summed E-state index contributed by atoms with van der Waals surface area (Å²) in [7, 11) is 1.31. The molecule has 0 unspecified atom stereocenters. The number of carboxylic acids is 1. The number of methoxy groups -OCH3 is 1. The van der Waals surface area contributed by atoms with Gasteiger partial charge >= 0.3 is 12.1 Å². The van der Waals surface area contributed by atoms with Gasteiger partial charge in [0.1, 0.15) is 11.3 Å². The average molecular weight is 516 g/mol. The van der Waals surface area contributed by atoms with Gasteiger partial charge < -0.3 is 15.2 Å². The molecule has 0 saturated heterocycles. The number of halogens is 4. The molecule has 0 saturated carbocycles. The molecule has 3 aromatic carbocycles. The summed E-state index contributed by atoms with van der Waals surface area (Å²) < 4.78 is 46.4. The number of alkyl halides is 3. The molecule has 0 bridgehead atoms. The molecule has 11 heteroatoms. The number of para-hydroxylation sites is 1. The van der Waals surface area contributed by atoms with Crippen molar-refractivity contribution in [2.75, 3.05) is 12.4 Å². The Balaban J connectivity index is 1.68. The van der Waals surface area contributed by atoms with Crippen LogP contribution in [0.5, 0.6) is 5.75 Å². The number of anilines is 1. The number of rotatable bonds is 6. The lowest BCUT2D eigenvalue weighted by molar-refractivity contribution is -0.141. The zero-order valence-electron chi connectivity index (χ0n) is 18.5. The highest BCUT2D eigenvalue weighted by Gasteiger charge is 2.35. The molecule has 7 nitrogen and oxygen atoms in total. The highest BCUT2D eigenvalue weighted by Crippen LogP contribution is 2.35. The Labute approximate surface area is 207 Å². The van der Waals surface area contributed by atoms with E-state index >= 15 is 0 Å². The Morgan fingerprint density at radius 2 is 1.72 bits per heavy atom. The van der Waals surface area contributed by atoms with Crippen LogP contribution in [-0.4, -0.2) is 33.9 Å². The van der Waals surface area contributed by atoms with E-state index in [4.69, 9.17) is 16.3 Å². The van der Waals surface area contributed by atoms with Gasteiger partial charge in [0.25, 0.3) is 5.91 Å². The van der Waals surface area contributed by atoms with Crippen LogP contribution in [0, 0.1) is 0 Å². The number of carbonyl (C=O) groups excluding carboxylic acids is 1. The molecule has 0 aliphatic carbocycles. The molecule has 1 heterocycles. The maximum atomic E-state index is 13.4. The zero-order valence-corrected chi connectivity index (χ0v) is 19.3. The van der Waals surface area contributed by atoms with Crippen molar-refractivity contribution in [3.05, 3.63) is 94.6 Å². The first-order valence-corrected chi connectivity index (χ1v) is 10.7. The van der Waals surface area contributed by atoms with Gasteiger partial charge in [-0.1, -0.05) is 41.9 Å². The fourth-order valence-electron chi connectivity index (χ4n) is 3.55. The van der Waals surface area contributed by atoms with E-state index < -0.39 is 23.7 Å². The molecule has 0 aliphatic heterocycles. The molecule has 184 valence electrons. The number of nitrogens with one attached hydrogen (secondary N) is 1. The smallest absolute Gasteiger partial charge is 0.435 e. The topological polar surface area (TPSA) is 93.5 Å². The van der Waals surface area contributed by atoms with Crippen molar-refractivity contribution >= 4 is 29.2 Å². The first-order chi connectivity index (χ1) is 17.1. The number of nitrogens with zero attached hydrogens (tertiary/aromatic N) is 2. The predicted molar refractivity (Wildman–Crippen MR) is 127 cm³/mol. The molecule has 2 N–H and O–H groups in total. The van der Waals surface area contributed by atoms with E-state index in [-0.39, 0.29) is 39.0 Å². The highest BCUT2D eigenvalue weighted by molar-refractivity contribution is 6.32. The van der Waals surface area contributed by atoms with Gasteiger partial charge in [0.2, 0.25) is 0 Å². The van der Waals surface area contributed by atoms with Gasteiger partial charge in [0.15, 0.2) is 5.69 Å². The summed E-state index contributed by atoms with van der Waals surface area (Å²) in [6.45, 7) is 0. The molecule has 1 amide bonds. The Hall–Kier alpha value is -4.31. The van der Waals surface area contributed by atoms with E-state index in [1.54, 1.807) is 12.1 Å². The number of carboxylic acid groups (broad SMARTS) is 1. The van der Waals surface area contributed by atoms with Crippen molar-refractivity contribution in [2.24, 2.45) is 0 Å². The molecular formula is C25H17ClF3N3O4. The summed E-state index contributed by atoms with van der Waals surface area (Å²) in [4.78, 5) is 24.4. The van der Waals surface area contributed by atoms with Crippen LogP contribution < -0.4 is 10.1 Å². The summed E-state index contributed by atoms with van der Waals surface area (Å²) in [5.41, 5.74) is -0.414. The lowest BCUT2D eigenvalue weighted by Gasteiger charge is -2.12. The Kier molecular flexibility index (Phi) is 6.71. The molecule has 1 aromatic heterocycles. The molecular weight excluding hydrogens is 499 g/mol. The van der Waals surface area contributed by atoms with E-state index in [0.717, 1.165) is 10.7 Å². The number of hydrogen-bond donors (Lipinski definition) is 2. The maximum absolute atomic E-state index is 13.4. The largest absolute Gasteiger partial charge is 0.496 e. The fraction of sp³-hybridized carbons (Fsp3) is 0.0800. The predicted octanol–water partition coefficient (Wildman–Crippen LogP) is 6.17. The van der Waals surface area contributed by atoms with Crippen molar-refractivity contribution in [3.63, 3.8) is 0 Å². The monoisotopic (exact) mass is 515 g/mol. The van der Waals surface area contributed by atoms with Gasteiger partial charge in [-0.3, -0.25) is 4.79 Å². The van der Waals surface area contributed by atoms with Gasteiger partial charge in [-0.25, -0.2) is 9.48 Å². The minimum atomic E-state index is -4.68. The standard InChI is InChI=1S/C25H17ClF3N3O4/c1-36-20-8-4-6-17(22(20)24(34)35)30-23(33)15-11-9-14(10-12-15)19-13-21(25(27,28)29)31-32(19)18-7-3-2-5-16(18)26/h2-13H,1H3,(H,30,33)(H,34,35). The SMILES string of the molecule is COc1cccc(NC(=O)c2ccc(-c3cc(C(F)(F)F)nn3-c3ccccc3Cl)cc2)c1C(=O)O. The third-order valence-electron chi connectivity index (χ3n) is 5.23. The van der Waals surface area contributed by atoms with Crippen molar-refractivity contribution in [1.82, 2.24) is 9.78 Å². The summed E-state index contributed by atoms with van der Waals surface area (Å²) >= 11 is 6.20. The minimum Gasteiger partial charge on any atom is -0.496 e. The average Bonchev–Trinajstić information content (AvgIpc) is 3.30. The lowest BCUT2D eigenvalue weighted by Crippen LogP contribution is -2.15. The number of aromatic carboxylic acids is 1. The van der Waals surface area contributed by atoms with E-state index in [9.17, 15) is 27.9 Å². The van der Waals surface area contributed by atoms with Crippen molar-refractivity contribution in [3.8, 4) is 22.7 Å². The van der Waals surface area contributed by atoms with E-state index in [0.29, 0.717) is 5.56 Å². The second-order valence-corrected chi connectivity index (χ2v) is 7.90. The second kappa shape index (κ2) is 9.74. The number of aromatic nitrogens is 2. The molecule has 4 rings (SSSR count). The third kappa shape index (κ3) is 4.89. The highest BCUT2D eigenvalue weighted by atomic mass is 35.5. The van der Waals surface area contributed by atoms with E-state index in [1.807, 2.05) is 0 Å². The summed E-state index contributed by atoms with van der Waals surface area (Å²) in [6, 6.07) is 17.4. The first-order valence-electron chi connectivity index (χ1n) is 10.3. The summed E-state index contributed by atoms with van der Waals surface area (Å²) in [5, 5.41) is 15.9. The first kappa shape index (κ1) is 24.8. The Bertz CT molecular complexity index is 1450. The van der Waals surface area contributed by atoms with Crippen LogP contribution in [0.1, 0.15) is 26.4 Å². The van der Waals surface area contributed by atoms with Gasteiger partial charge in [-0.05, 0) is 42.5 Å². The minimum absolute atomic E-state index is 0.0301. The number of carbonyl (C=O) groups is 2. The van der Waals surface area contributed by atoms with Crippen LogP contribution in [0.2, 0.25) is 5.02 Å². The van der Waals surface area contributed by atoms with E-state index in [1.165, 1.54) is 61.7 Å². The van der Waals surface area contributed by atoms with Crippen LogP contribution in [-0.2, 0) is 6.18 Å². The lowest BCUT2D eigenvalue weighted by atomic mass is 10.1. The zero-order chi connectivity index (χ0) is 26.0. The van der Waals surface area contributed by atoms with Crippen LogP contribution >= 0.6 is 11.6 Å². The summed E-state index contributed by atoms with van der Waals surface area (Å²) in [6.07, 6.45) is -4.68. The molecule has 4 aromatic rings. The molecule has 36 heavy (non-hydrogen) atoms. The molecule has 0 atom stereocenters. The summed E-state index contributed by atoms with van der Waals surface area (Å²) in [5.74, 6) is -1.83. The van der Waals surface area contributed by atoms with Gasteiger partial charge in [-0.2, -0.15) is 18.3 Å². The second-order valence-electron chi connectivity index (χ2n) is 7.50. The molecule has 0 aliphatic rings. The number of hydrogen-bond acceptors (Lipinski definition) is 4. The van der Waals surface area contributed by atoms with Crippen LogP contribution in [0.3, 0.4) is 0 Å². The van der Waals surface area contributed by atoms with Gasteiger partial charge in [0, 0.05) is 11.1 Å². The quantitative estimate of drug-likeness (QED) is 0.320. The van der Waals surface area contributed by atoms with Gasteiger partial charge in [-0.15, -0.1) is 0 Å². The molecule has 0 radical (unpaired) electrons. The van der Waals surface area contributed by atoms with Crippen LogP contribution in [0.4, 0.5) is 18.9 Å². The van der Waals surface area contributed by atoms with Gasteiger partial charge in [0.05, 0.1) is 29.2 Å². The Morgan fingerprint density at radius 3 is 2.33 bits per heavy atom. The maximum Gasteiger partial charge on any atom is 0.435 e. The van der Waals surface area contributed by atoms with Crippen molar-refractivity contribution < 1.29 is 32.6 Å². The van der Waals surface area contributed by atoms with Crippen molar-refractivity contribution in [2.45, 2.75) is 6.18 Å². The normalized spacial score (nSPS) is 11.2. The number of ether oxygens (including phenoxy) is 1. The molecule has 0 fully saturated rings. The third-order valence-corrected chi connectivity index (χ3v) is 5.55. The fourth-order valence-corrected chi connectivity index (χ4v) is 3.76. The number of amides is 1. The van der Waals surface area contributed by atoms with Crippen molar-refractivity contribution in [1.29, 1.82) is 0 Å². The van der Waals surface area contributed by atoms with E-state index in [2.05, 4.69) is 10.4 Å². The Morgan fingerprint density at radius 1 is 1.03 bits per heavy atom. The number of benzene rings is 3. The van der Waals surface area contributed by atoms with Crippen LogP contribution in [0.15, 0.2) is 72.8 Å². The molecule has 0 spiro atoms. The van der Waals surface area contributed by atoms with Crippen LogP contribution in [0.25, 0.3) is 16.9 Å².